The second-order valence-electron chi connectivity index (χ2n) is 9.50. The molecule has 0 saturated carbocycles. The predicted octanol–water partition coefficient (Wildman–Crippen LogP) is 2.95. The lowest BCUT2D eigenvalue weighted by Crippen LogP contribution is -2.55. The summed E-state index contributed by atoms with van der Waals surface area (Å²) in [4.78, 5) is 34.1. The lowest BCUT2D eigenvalue weighted by molar-refractivity contribution is -0.165. The van der Waals surface area contributed by atoms with Gasteiger partial charge in [-0.25, -0.2) is 0 Å². The summed E-state index contributed by atoms with van der Waals surface area (Å²) in [6, 6.07) is 13.9. The van der Waals surface area contributed by atoms with Crippen molar-refractivity contribution < 1.29 is 14.3 Å². The van der Waals surface area contributed by atoms with Crippen molar-refractivity contribution in [2.45, 2.75) is 31.3 Å². The molecule has 0 aliphatic carbocycles. The predicted molar refractivity (Wildman–Crippen MR) is 132 cm³/mol. The average molecular weight is 474 g/mol. The summed E-state index contributed by atoms with van der Waals surface area (Å²) in [7, 11) is 1.86. The van der Waals surface area contributed by atoms with Gasteiger partial charge in [0.15, 0.2) is 0 Å². The summed E-state index contributed by atoms with van der Waals surface area (Å²) in [5, 5.41) is 4.18. The summed E-state index contributed by atoms with van der Waals surface area (Å²) >= 11 is 0. The number of benzene rings is 1. The Morgan fingerprint density at radius 2 is 1.94 bits per heavy atom. The summed E-state index contributed by atoms with van der Waals surface area (Å²) in [5.41, 5.74) is 3.13. The fraction of sp³-hybridized carbons (Fsp3) is 0.407. The van der Waals surface area contributed by atoms with Gasteiger partial charge in [0, 0.05) is 51.2 Å². The molecule has 8 nitrogen and oxygen atoms in total. The van der Waals surface area contributed by atoms with Gasteiger partial charge in [-0.2, -0.15) is 5.10 Å². The Balaban J connectivity index is 1.21. The molecule has 2 amide bonds. The van der Waals surface area contributed by atoms with E-state index >= 15 is 0 Å². The van der Waals surface area contributed by atoms with Gasteiger partial charge in [-0.3, -0.25) is 19.3 Å². The quantitative estimate of drug-likeness (QED) is 0.569. The molecule has 1 spiro atoms. The molecule has 0 radical (unpaired) electrons. The van der Waals surface area contributed by atoms with Gasteiger partial charge in [-0.1, -0.05) is 30.3 Å². The van der Waals surface area contributed by atoms with E-state index in [2.05, 4.69) is 22.2 Å². The smallest absolute Gasteiger partial charge is 0.255 e. The van der Waals surface area contributed by atoms with Gasteiger partial charge in [-0.15, -0.1) is 0 Å². The van der Waals surface area contributed by atoms with Crippen LogP contribution < -0.4 is 0 Å². The molecule has 2 aliphatic rings. The molecule has 5 rings (SSSR count). The van der Waals surface area contributed by atoms with Crippen LogP contribution in [0.3, 0.4) is 0 Å². The number of morpholine rings is 1. The molecule has 35 heavy (non-hydrogen) atoms. The fourth-order valence-electron chi connectivity index (χ4n) is 5.00. The van der Waals surface area contributed by atoms with Gasteiger partial charge < -0.3 is 14.5 Å². The molecule has 2 aromatic heterocycles. The van der Waals surface area contributed by atoms with E-state index in [1.807, 2.05) is 53.4 Å². The van der Waals surface area contributed by atoms with Gasteiger partial charge in [-0.05, 0) is 43.4 Å². The molecule has 0 bridgehead atoms. The molecule has 1 atom stereocenters. The maximum Gasteiger partial charge on any atom is 0.255 e. The van der Waals surface area contributed by atoms with Crippen LogP contribution in [0.15, 0.2) is 61.1 Å². The Kier molecular flexibility index (Phi) is 6.63. The van der Waals surface area contributed by atoms with Crippen LogP contribution in [0.4, 0.5) is 0 Å². The summed E-state index contributed by atoms with van der Waals surface area (Å²) in [6.45, 7) is 2.66. The first-order valence-electron chi connectivity index (χ1n) is 12.2. The summed E-state index contributed by atoms with van der Waals surface area (Å²) < 4.78 is 7.86. The van der Waals surface area contributed by atoms with Crippen LogP contribution in [0.5, 0.6) is 0 Å². The van der Waals surface area contributed by atoms with Crippen LogP contribution in [-0.4, -0.2) is 74.8 Å². The van der Waals surface area contributed by atoms with E-state index in [0.717, 1.165) is 36.9 Å². The van der Waals surface area contributed by atoms with Gasteiger partial charge in [0.1, 0.15) is 6.61 Å². The number of carbonyl (C=O) groups excluding carboxylic acids is 2. The van der Waals surface area contributed by atoms with Crippen LogP contribution in [0, 0.1) is 0 Å². The molecule has 8 heteroatoms. The van der Waals surface area contributed by atoms with Crippen LogP contribution in [0.2, 0.25) is 0 Å². The van der Waals surface area contributed by atoms with Crippen molar-refractivity contribution in [3.63, 3.8) is 0 Å². The number of nitrogens with zero attached hydrogens (tertiary/aromatic N) is 5. The second kappa shape index (κ2) is 10.00. The zero-order valence-corrected chi connectivity index (χ0v) is 20.1. The van der Waals surface area contributed by atoms with Crippen molar-refractivity contribution in [1.29, 1.82) is 0 Å². The Bertz CT molecular complexity index is 1180. The highest BCUT2D eigenvalue weighted by atomic mass is 16.5. The van der Waals surface area contributed by atoms with E-state index in [0.29, 0.717) is 31.7 Å². The number of ether oxygens (including phenoxy) is 1. The van der Waals surface area contributed by atoms with E-state index in [1.54, 1.807) is 17.1 Å². The monoisotopic (exact) mass is 473 g/mol. The maximum atomic E-state index is 13.2. The number of pyridine rings is 1. The molecule has 1 unspecified atom stereocenters. The van der Waals surface area contributed by atoms with E-state index in [9.17, 15) is 9.59 Å². The normalized spacial score (nSPS) is 20.8. The zero-order valence-electron chi connectivity index (χ0n) is 20.1. The molecular formula is C27H31N5O3. The van der Waals surface area contributed by atoms with Gasteiger partial charge in [0.25, 0.3) is 5.91 Å². The standard InChI is InChI=1S/C27H31N5O3/c1-30-18-23(17-29-30)24-9-8-22(16-28-24)26(34)31-13-5-11-27(12-15-31)20-32(25(33)19-35-27)14-10-21-6-3-2-4-7-21/h2-4,6-9,16-18H,5,10-15,19-20H2,1H3. The van der Waals surface area contributed by atoms with Crippen molar-refractivity contribution in [3.8, 4) is 11.3 Å². The summed E-state index contributed by atoms with van der Waals surface area (Å²) in [6.07, 6.45) is 8.53. The molecule has 2 aliphatic heterocycles. The SMILES string of the molecule is Cn1cc(-c2ccc(C(=O)N3CCCC4(CC3)CN(CCc3ccccc3)C(=O)CO4)cn2)cn1. The van der Waals surface area contributed by atoms with Crippen molar-refractivity contribution in [3.05, 3.63) is 72.2 Å². The number of carbonyl (C=O) groups is 2. The van der Waals surface area contributed by atoms with Crippen LogP contribution in [0.25, 0.3) is 11.3 Å². The van der Waals surface area contributed by atoms with Crippen LogP contribution in [0.1, 0.15) is 35.2 Å². The second-order valence-corrected chi connectivity index (χ2v) is 9.50. The highest BCUT2D eigenvalue weighted by Crippen LogP contribution is 2.31. The highest BCUT2D eigenvalue weighted by Gasteiger charge is 2.41. The third kappa shape index (κ3) is 5.27. The van der Waals surface area contributed by atoms with E-state index in [-0.39, 0.29) is 24.0 Å². The third-order valence-electron chi connectivity index (χ3n) is 7.04. The molecule has 0 N–H and O–H groups in total. The number of hydrogen-bond acceptors (Lipinski definition) is 5. The molecular weight excluding hydrogens is 442 g/mol. The van der Waals surface area contributed by atoms with Gasteiger partial charge in [0.2, 0.25) is 5.91 Å². The van der Waals surface area contributed by atoms with Crippen LogP contribution in [-0.2, 0) is 23.0 Å². The van der Waals surface area contributed by atoms with E-state index in [4.69, 9.17) is 4.74 Å². The number of aryl methyl sites for hydroxylation is 1. The Morgan fingerprint density at radius 1 is 1.09 bits per heavy atom. The Morgan fingerprint density at radius 3 is 2.69 bits per heavy atom. The number of aromatic nitrogens is 3. The van der Waals surface area contributed by atoms with Crippen molar-refractivity contribution in [1.82, 2.24) is 24.6 Å². The number of rotatable bonds is 5. The lowest BCUT2D eigenvalue weighted by Gasteiger charge is -2.42. The minimum Gasteiger partial charge on any atom is -0.363 e. The molecule has 2 saturated heterocycles. The number of likely N-dealkylation sites (tertiary alicyclic amines) is 1. The zero-order chi connectivity index (χ0) is 24.3. The van der Waals surface area contributed by atoms with E-state index in [1.165, 1.54) is 5.56 Å². The summed E-state index contributed by atoms with van der Waals surface area (Å²) in [5.74, 6) is 0.0311. The molecule has 1 aromatic carbocycles. The highest BCUT2D eigenvalue weighted by molar-refractivity contribution is 5.94. The average Bonchev–Trinajstić information content (AvgIpc) is 3.22. The first-order valence-corrected chi connectivity index (χ1v) is 12.2. The Hall–Kier alpha value is -3.52. The van der Waals surface area contributed by atoms with Crippen molar-refractivity contribution in [2.75, 3.05) is 32.8 Å². The topological polar surface area (TPSA) is 80.6 Å². The number of amides is 2. The van der Waals surface area contributed by atoms with Gasteiger partial charge >= 0.3 is 0 Å². The van der Waals surface area contributed by atoms with Crippen LogP contribution >= 0.6 is 0 Å². The molecule has 2 fully saturated rings. The number of hydrogen-bond donors (Lipinski definition) is 0. The minimum atomic E-state index is -0.387. The first-order chi connectivity index (χ1) is 17.0. The largest absolute Gasteiger partial charge is 0.363 e. The minimum absolute atomic E-state index is 0.0138. The van der Waals surface area contributed by atoms with Crippen molar-refractivity contribution >= 4 is 11.8 Å². The van der Waals surface area contributed by atoms with Crippen molar-refractivity contribution in [2.24, 2.45) is 7.05 Å². The lowest BCUT2D eigenvalue weighted by atomic mass is 9.92. The Labute approximate surface area is 205 Å². The third-order valence-corrected chi connectivity index (χ3v) is 7.04. The molecule has 3 aromatic rings. The van der Waals surface area contributed by atoms with E-state index < -0.39 is 0 Å². The fourth-order valence-corrected chi connectivity index (χ4v) is 5.00. The molecule has 4 heterocycles. The first kappa shape index (κ1) is 23.2. The van der Waals surface area contributed by atoms with Gasteiger partial charge in [0.05, 0.1) is 23.1 Å². The maximum absolute atomic E-state index is 13.2. The molecule has 182 valence electrons.